The molecule has 2 aromatic rings. The van der Waals surface area contributed by atoms with E-state index in [1.165, 1.54) is 5.57 Å². The molecular formula is C30H31Cl2N3O4. The van der Waals surface area contributed by atoms with E-state index in [-0.39, 0.29) is 36.7 Å². The van der Waals surface area contributed by atoms with Gasteiger partial charge in [0.25, 0.3) is 11.8 Å². The first-order valence-electron chi connectivity index (χ1n) is 13.2. The third-order valence-electron chi connectivity index (χ3n) is 7.97. The summed E-state index contributed by atoms with van der Waals surface area (Å²) in [5.74, 6) is -0.880. The normalized spacial score (nSPS) is 23.4. The van der Waals surface area contributed by atoms with Crippen molar-refractivity contribution in [2.45, 2.75) is 57.7 Å². The summed E-state index contributed by atoms with van der Waals surface area (Å²) in [5, 5.41) is 12.4. The summed E-state index contributed by atoms with van der Waals surface area (Å²) in [6.07, 6.45) is 5.40. The molecule has 0 bridgehead atoms. The molecular weight excluding hydrogens is 537 g/mol. The van der Waals surface area contributed by atoms with Crippen LogP contribution in [-0.4, -0.2) is 45.7 Å². The van der Waals surface area contributed by atoms with E-state index in [9.17, 15) is 14.4 Å². The fraction of sp³-hybridized carbons (Fsp3) is 0.400. The van der Waals surface area contributed by atoms with Crippen molar-refractivity contribution in [3.8, 4) is 0 Å². The molecule has 0 radical (unpaired) electrons. The molecule has 2 unspecified atom stereocenters. The van der Waals surface area contributed by atoms with Crippen LogP contribution in [0.4, 0.5) is 0 Å². The van der Waals surface area contributed by atoms with Gasteiger partial charge in [-0.2, -0.15) is 0 Å². The zero-order chi connectivity index (χ0) is 27.9. The predicted octanol–water partition coefficient (Wildman–Crippen LogP) is 6.05. The SMILES string of the molecule is CC1=CCC2(CC1C)N=C(c1cc(Cl)cc(Cl)c1)C(=O)N2[C@@H](c1ccc(C(=O)NCCC(=O)O)cc1)C1CC1. The summed E-state index contributed by atoms with van der Waals surface area (Å²) in [6, 6.07) is 12.2. The Hall–Kier alpha value is -3.16. The number of aliphatic imine (C=N–C) groups is 1. The van der Waals surface area contributed by atoms with Gasteiger partial charge in [0, 0.05) is 34.1 Å². The number of hydrogen-bond acceptors (Lipinski definition) is 4. The molecule has 0 aromatic heterocycles. The average Bonchev–Trinajstić information content (AvgIpc) is 3.68. The number of rotatable bonds is 8. The number of allylic oxidation sites excluding steroid dienone is 1. The maximum absolute atomic E-state index is 14.3. The maximum atomic E-state index is 14.3. The third kappa shape index (κ3) is 5.61. The van der Waals surface area contributed by atoms with Gasteiger partial charge in [0.05, 0.1) is 12.5 Å². The zero-order valence-corrected chi connectivity index (χ0v) is 23.4. The highest BCUT2D eigenvalue weighted by Gasteiger charge is 2.54. The largest absolute Gasteiger partial charge is 0.481 e. The number of carbonyl (C=O) groups is 3. The van der Waals surface area contributed by atoms with Gasteiger partial charge in [-0.25, -0.2) is 0 Å². The van der Waals surface area contributed by atoms with Crippen molar-refractivity contribution in [3.05, 3.63) is 80.8 Å². The van der Waals surface area contributed by atoms with Gasteiger partial charge < -0.3 is 15.3 Å². The highest BCUT2D eigenvalue weighted by Crippen LogP contribution is 2.52. The van der Waals surface area contributed by atoms with Gasteiger partial charge in [0.1, 0.15) is 11.4 Å². The zero-order valence-electron chi connectivity index (χ0n) is 21.9. The van der Waals surface area contributed by atoms with E-state index < -0.39 is 11.6 Å². The fourth-order valence-electron chi connectivity index (χ4n) is 5.69. The molecule has 2 aromatic carbocycles. The summed E-state index contributed by atoms with van der Waals surface area (Å²) in [6.45, 7) is 4.35. The van der Waals surface area contributed by atoms with Crippen molar-refractivity contribution in [1.29, 1.82) is 0 Å². The molecule has 204 valence electrons. The number of hydrogen-bond donors (Lipinski definition) is 2. The van der Waals surface area contributed by atoms with Crippen LogP contribution in [-0.2, 0) is 9.59 Å². The molecule has 9 heteroatoms. The van der Waals surface area contributed by atoms with Crippen molar-refractivity contribution in [2.24, 2.45) is 16.8 Å². The molecule has 1 fully saturated rings. The number of amides is 2. The molecule has 1 saturated carbocycles. The fourth-order valence-corrected chi connectivity index (χ4v) is 6.21. The van der Waals surface area contributed by atoms with Crippen molar-refractivity contribution in [2.75, 3.05) is 6.54 Å². The van der Waals surface area contributed by atoms with Crippen LogP contribution in [0, 0.1) is 11.8 Å². The van der Waals surface area contributed by atoms with Crippen molar-refractivity contribution in [1.82, 2.24) is 10.2 Å². The molecule has 1 aliphatic heterocycles. The standard InChI is InChI=1S/C30H31Cl2N3O4/c1-17-9-11-30(16-18(17)2)34-26(22-13-23(31)15-24(32)14-22)29(39)35(30)27(19-3-4-19)20-5-7-21(8-6-20)28(38)33-12-10-25(36)37/h5-9,13-15,18-19,27H,3-4,10-12,16H2,1-2H3,(H,33,38)(H,36,37)/t18?,27-,30?/m1/s1. The first kappa shape index (κ1) is 27.4. The average molecular weight is 569 g/mol. The molecule has 0 saturated heterocycles. The van der Waals surface area contributed by atoms with Crippen LogP contribution in [0.15, 0.2) is 59.1 Å². The van der Waals surface area contributed by atoms with E-state index in [4.69, 9.17) is 33.3 Å². The minimum Gasteiger partial charge on any atom is -0.481 e. The molecule has 2 amide bonds. The topological polar surface area (TPSA) is 99.1 Å². The maximum Gasteiger partial charge on any atom is 0.305 e. The van der Waals surface area contributed by atoms with E-state index in [0.717, 1.165) is 18.4 Å². The monoisotopic (exact) mass is 567 g/mol. The van der Waals surface area contributed by atoms with Crippen LogP contribution in [0.5, 0.6) is 0 Å². The lowest BCUT2D eigenvalue weighted by Gasteiger charge is -2.45. The van der Waals surface area contributed by atoms with Gasteiger partial charge in [-0.3, -0.25) is 19.4 Å². The van der Waals surface area contributed by atoms with Crippen LogP contribution < -0.4 is 5.32 Å². The summed E-state index contributed by atoms with van der Waals surface area (Å²) in [4.78, 5) is 44.7. The van der Waals surface area contributed by atoms with Crippen LogP contribution >= 0.6 is 23.2 Å². The highest BCUT2D eigenvalue weighted by molar-refractivity contribution is 6.48. The van der Waals surface area contributed by atoms with Gasteiger partial charge in [0.2, 0.25) is 0 Å². The predicted molar refractivity (Wildman–Crippen MR) is 151 cm³/mol. The minimum atomic E-state index is -0.967. The second-order valence-electron chi connectivity index (χ2n) is 10.8. The van der Waals surface area contributed by atoms with E-state index in [1.54, 1.807) is 30.3 Å². The van der Waals surface area contributed by atoms with Gasteiger partial charge >= 0.3 is 5.97 Å². The number of carboxylic acids is 1. The summed E-state index contributed by atoms with van der Waals surface area (Å²) in [7, 11) is 0. The minimum absolute atomic E-state index is 0.0597. The Labute approximate surface area is 237 Å². The summed E-state index contributed by atoms with van der Waals surface area (Å²) < 4.78 is 0. The highest BCUT2D eigenvalue weighted by atomic mass is 35.5. The molecule has 3 atom stereocenters. The Bertz CT molecular complexity index is 1360. The third-order valence-corrected chi connectivity index (χ3v) is 8.41. The van der Waals surface area contributed by atoms with Crippen molar-refractivity contribution in [3.63, 3.8) is 0 Å². The van der Waals surface area contributed by atoms with Crippen molar-refractivity contribution >= 4 is 46.7 Å². The Morgan fingerprint density at radius 3 is 2.41 bits per heavy atom. The number of nitrogens with one attached hydrogen (secondary N) is 1. The number of nitrogens with zero attached hydrogens (tertiary/aromatic N) is 2. The van der Waals surface area contributed by atoms with Crippen LogP contribution in [0.1, 0.15) is 73.5 Å². The van der Waals surface area contributed by atoms with Gasteiger partial charge in [-0.05, 0) is 73.9 Å². The smallest absolute Gasteiger partial charge is 0.305 e. The number of benzene rings is 2. The van der Waals surface area contributed by atoms with E-state index in [0.29, 0.717) is 45.6 Å². The number of carbonyl (C=O) groups excluding carboxylic acids is 2. The molecule has 1 spiro atoms. The lowest BCUT2D eigenvalue weighted by Crippen LogP contribution is -2.51. The molecule has 2 N–H and O–H groups in total. The first-order valence-corrected chi connectivity index (χ1v) is 14.0. The Morgan fingerprint density at radius 2 is 1.82 bits per heavy atom. The Kier molecular flexibility index (Phi) is 7.57. The van der Waals surface area contributed by atoms with Crippen LogP contribution in [0.2, 0.25) is 10.0 Å². The van der Waals surface area contributed by atoms with Gasteiger partial charge in [-0.15, -0.1) is 0 Å². The van der Waals surface area contributed by atoms with Gasteiger partial charge in [-0.1, -0.05) is 53.9 Å². The van der Waals surface area contributed by atoms with Crippen LogP contribution in [0.25, 0.3) is 0 Å². The second kappa shape index (κ2) is 10.8. The lowest BCUT2D eigenvalue weighted by atomic mass is 9.81. The number of carboxylic acid groups (broad SMARTS) is 1. The van der Waals surface area contributed by atoms with Crippen LogP contribution in [0.3, 0.4) is 0 Å². The Balaban J connectivity index is 1.50. The van der Waals surface area contributed by atoms with E-state index >= 15 is 0 Å². The van der Waals surface area contributed by atoms with E-state index in [2.05, 4.69) is 25.2 Å². The van der Waals surface area contributed by atoms with E-state index in [1.807, 2.05) is 17.0 Å². The van der Waals surface area contributed by atoms with Crippen molar-refractivity contribution < 1.29 is 19.5 Å². The molecule has 7 nitrogen and oxygen atoms in total. The Morgan fingerprint density at radius 1 is 1.15 bits per heavy atom. The molecule has 1 heterocycles. The molecule has 5 rings (SSSR count). The first-order chi connectivity index (χ1) is 18.6. The number of aliphatic carboxylic acids is 1. The molecule has 3 aliphatic rings. The second-order valence-corrected chi connectivity index (χ2v) is 11.7. The summed E-state index contributed by atoms with van der Waals surface area (Å²) >= 11 is 12.6. The number of halogens is 2. The quantitative estimate of drug-likeness (QED) is 0.379. The lowest BCUT2D eigenvalue weighted by molar-refractivity contribution is -0.137. The molecule has 39 heavy (non-hydrogen) atoms. The summed E-state index contributed by atoms with van der Waals surface area (Å²) in [5.41, 5.74) is 2.95. The molecule has 2 aliphatic carbocycles. The van der Waals surface area contributed by atoms with Gasteiger partial charge in [0.15, 0.2) is 0 Å².